The number of nitrogens with one attached hydrogen (secondary N) is 2. The second-order valence-corrected chi connectivity index (χ2v) is 9.26. The highest BCUT2D eigenvalue weighted by molar-refractivity contribution is 6.30. The lowest BCUT2D eigenvalue weighted by molar-refractivity contribution is -0.143. The summed E-state index contributed by atoms with van der Waals surface area (Å²) in [5, 5.41) is 10.8. The Morgan fingerprint density at radius 2 is 1.74 bits per heavy atom. The van der Waals surface area contributed by atoms with E-state index < -0.39 is 11.9 Å². The van der Waals surface area contributed by atoms with Gasteiger partial charge in [-0.25, -0.2) is 15.0 Å². The highest BCUT2D eigenvalue weighted by Gasteiger charge is 2.35. The van der Waals surface area contributed by atoms with E-state index in [1.54, 1.807) is 6.07 Å². The molecule has 0 aliphatic heterocycles. The van der Waals surface area contributed by atoms with Gasteiger partial charge in [0.25, 0.3) is 0 Å². The largest absolute Gasteiger partial charge is 0.433 e. The van der Waals surface area contributed by atoms with Crippen molar-refractivity contribution in [1.82, 2.24) is 29.3 Å². The number of imidazole rings is 1. The lowest BCUT2D eigenvalue weighted by Crippen LogP contribution is -2.12. The number of aromatic nitrogens is 6. The quantitative estimate of drug-likeness (QED) is 0.215. The average Bonchev–Trinajstić information content (AvgIpc) is 3.43. The van der Waals surface area contributed by atoms with Crippen LogP contribution in [0.5, 0.6) is 11.8 Å². The van der Waals surface area contributed by atoms with Gasteiger partial charge < -0.3 is 19.9 Å². The highest BCUT2D eigenvalue weighted by Crippen LogP contribution is 2.32. The minimum atomic E-state index is -4.48. The van der Waals surface area contributed by atoms with Gasteiger partial charge in [-0.15, -0.1) is 0 Å². The molecule has 5 rings (SSSR count). The van der Waals surface area contributed by atoms with Crippen LogP contribution in [0.2, 0.25) is 5.02 Å². The van der Waals surface area contributed by atoms with Crippen LogP contribution in [-0.2, 0) is 20.3 Å². The van der Waals surface area contributed by atoms with Crippen LogP contribution in [0, 0.1) is 0 Å². The first-order chi connectivity index (χ1) is 18.6. The third-order valence-corrected chi connectivity index (χ3v) is 6.32. The normalized spacial score (nSPS) is 12.5. The molecular formula is C26H24ClF3N8O. The summed E-state index contributed by atoms with van der Waals surface area (Å²) in [5.74, 6) is 1.35. The van der Waals surface area contributed by atoms with E-state index in [2.05, 4.69) is 32.6 Å². The number of hydrogen-bond donors (Lipinski definition) is 2. The summed E-state index contributed by atoms with van der Waals surface area (Å²) < 4.78 is 47.7. The molecule has 0 spiro atoms. The van der Waals surface area contributed by atoms with Crippen LogP contribution in [0.25, 0.3) is 11.0 Å². The van der Waals surface area contributed by atoms with E-state index in [0.717, 1.165) is 33.8 Å². The monoisotopic (exact) mass is 556 g/mol. The Bertz CT molecular complexity index is 1600. The first-order valence-corrected chi connectivity index (χ1v) is 12.3. The highest BCUT2D eigenvalue weighted by atomic mass is 35.5. The molecule has 0 radical (unpaired) electrons. The Morgan fingerprint density at radius 3 is 2.38 bits per heavy atom. The zero-order valence-corrected chi connectivity index (χ0v) is 21.9. The fraction of sp³-hybridized carbons (Fsp3) is 0.231. The molecule has 3 aromatic heterocycles. The molecule has 202 valence electrons. The summed E-state index contributed by atoms with van der Waals surface area (Å²) in [5.41, 5.74) is 2.34. The Morgan fingerprint density at radius 1 is 1.03 bits per heavy atom. The van der Waals surface area contributed by atoms with Gasteiger partial charge in [0.15, 0.2) is 5.82 Å². The molecule has 5 aromatic rings. The zero-order chi connectivity index (χ0) is 27.7. The molecule has 0 bridgehead atoms. The van der Waals surface area contributed by atoms with Crippen LogP contribution in [0.1, 0.15) is 30.6 Å². The summed E-state index contributed by atoms with van der Waals surface area (Å²) in [7, 11) is 3.13. The number of fused-ring (bicyclic) bond motifs is 1. The maximum absolute atomic E-state index is 13.1. The van der Waals surface area contributed by atoms with E-state index in [1.165, 1.54) is 19.4 Å². The summed E-state index contributed by atoms with van der Waals surface area (Å²) in [6.45, 7) is 2.07. The molecular weight excluding hydrogens is 533 g/mol. The molecule has 9 nitrogen and oxygen atoms in total. The van der Waals surface area contributed by atoms with Crippen molar-refractivity contribution in [2.75, 3.05) is 10.6 Å². The summed E-state index contributed by atoms with van der Waals surface area (Å²) >= 11 is 5.81. The zero-order valence-electron chi connectivity index (χ0n) is 21.2. The maximum atomic E-state index is 13.1. The number of benzene rings is 2. The number of halogens is 4. The fourth-order valence-electron chi connectivity index (χ4n) is 4.14. The molecule has 39 heavy (non-hydrogen) atoms. The standard InChI is InChI=1S/C26H24ClF3N8O/c1-4-19(15-5-8-18(9-6-15)39-25-31-13-16(27)14-32-25)34-24-35-20-10-7-17(11-21(20)37(24)2)33-23-12-22(26(28,29)30)38(3)36-23/h5-14,19H,4H2,1-3H3,(H,33,36)(H,34,35). The number of aryl methyl sites for hydroxylation is 2. The van der Waals surface area contributed by atoms with Gasteiger partial charge in [0, 0.05) is 25.8 Å². The van der Waals surface area contributed by atoms with Crippen molar-refractivity contribution >= 4 is 40.1 Å². The maximum Gasteiger partial charge on any atom is 0.433 e. The number of rotatable bonds is 8. The molecule has 3 heterocycles. The number of nitrogens with zero attached hydrogens (tertiary/aromatic N) is 6. The fourth-order valence-corrected chi connectivity index (χ4v) is 4.24. The third kappa shape index (κ3) is 5.75. The molecule has 2 aromatic carbocycles. The predicted molar refractivity (Wildman–Crippen MR) is 142 cm³/mol. The van der Waals surface area contributed by atoms with Crippen LogP contribution in [0.3, 0.4) is 0 Å². The third-order valence-electron chi connectivity index (χ3n) is 6.12. The Balaban J connectivity index is 1.31. The molecule has 0 aliphatic carbocycles. The molecule has 0 saturated carbocycles. The first-order valence-electron chi connectivity index (χ1n) is 12.0. The molecule has 0 fully saturated rings. The summed E-state index contributed by atoms with van der Waals surface area (Å²) in [4.78, 5) is 12.8. The van der Waals surface area contributed by atoms with Crippen molar-refractivity contribution in [3.63, 3.8) is 0 Å². The molecule has 1 atom stereocenters. The van der Waals surface area contributed by atoms with Crippen molar-refractivity contribution in [1.29, 1.82) is 0 Å². The number of hydrogen-bond acceptors (Lipinski definition) is 7. The van der Waals surface area contributed by atoms with Gasteiger partial charge in [-0.1, -0.05) is 30.7 Å². The number of ether oxygens (including phenoxy) is 1. The van der Waals surface area contributed by atoms with E-state index >= 15 is 0 Å². The predicted octanol–water partition coefficient (Wildman–Crippen LogP) is 6.87. The molecule has 1 unspecified atom stereocenters. The number of anilines is 3. The van der Waals surface area contributed by atoms with E-state index in [1.807, 2.05) is 48.0 Å². The molecule has 0 amide bonds. The van der Waals surface area contributed by atoms with Gasteiger partial charge in [0.1, 0.15) is 11.4 Å². The van der Waals surface area contributed by atoms with Crippen molar-refractivity contribution < 1.29 is 17.9 Å². The summed E-state index contributed by atoms with van der Waals surface area (Å²) in [6, 6.07) is 14.1. The summed E-state index contributed by atoms with van der Waals surface area (Å²) in [6.07, 6.45) is -0.763. The SMILES string of the molecule is CCC(Nc1nc2ccc(Nc3cc(C(F)(F)F)n(C)n3)cc2n1C)c1ccc(Oc2ncc(Cl)cn2)cc1. The van der Waals surface area contributed by atoms with E-state index in [4.69, 9.17) is 21.3 Å². The van der Waals surface area contributed by atoms with E-state index in [-0.39, 0.29) is 17.9 Å². The van der Waals surface area contributed by atoms with Gasteiger partial charge in [0.05, 0.1) is 34.5 Å². The van der Waals surface area contributed by atoms with Gasteiger partial charge in [-0.05, 0) is 42.3 Å². The van der Waals surface area contributed by atoms with Crippen molar-refractivity contribution in [3.05, 3.63) is 77.2 Å². The lowest BCUT2D eigenvalue weighted by Gasteiger charge is -2.18. The molecule has 0 saturated heterocycles. The van der Waals surface area contributed by atoms with Crippen LogP contribution < -0.4 is 15.4 Å². The lowest BCUT2D eigenvalue weighted by atomic mass is 10.0. The van der Waals surface area contributed by atoms with Crippen LogP contribution >= 0.6 is 11.6 Å². The van der Waals surface area contributed by atoms with Crippen molar-refractivity contribution in [3.8, 4) is 11.8 Å². The van der Waals surface area contributed by atoms with Crippen molar-refractivity contribution in [2.24, 2.45) is 14.1 Å². The second-order valence-electron chi connectivity index (χ2n) is 8.82. The topological polar surface area (TPSA) is 94.7 Å². The average molecular weight is 557 g/mol. The number of alkyl halides is 3. The van der Waals surface area contributed by atoms with E-state index in [9.17, 15) is 13.2 Å². The van der Waals surface area contributed by atoms with Crippen LogP contribution in [-0.4, -0.2) is 29.3 Å². The van der Waals surface area contributed by atoms with Crippen LogP contribution in [0.4, 0.5) is 30.6 Å². The minimum Gasteiger partial charge on any atom is -0.424 e. The molecule has 0 aliphatic rings. The van der Waals surface area contributed by atoms with Gasteiger partial charge in [-0.3, -0.25) is 4.68 Å². The molecule has 13 heteroatoms. The van der Waals surface area contributed by atoms with Crippen LogP contribution in [0.15, 0.2) is 60.9 Å². The van der Waals surface area contributed by atoms with Gasteiger partial charge in [-0.2, -0.15) is 18.3 Å². The van der Waals surface area contributed by atoms with Crippen molar-refractivity contribution in [2.45, 2.75) is 25.6 Å². The van der Waals surface area contributed by atoms with Gasteiger partial charge >= 0.3 is 12.2 Å². The Hall–Kier alpha value is -4.32. The van der Waals surface area contributed by atoms with Gasteiger partial charge in [0.2, 0.25) is 5.95 Å². The second kappa shape index (κ2) is 10.4. The smallest absolute Gasteiger partial charge is 0.424 e. The Kier molecular flexibility index (Phi) is 7.04. The molecule has 2 N–H and O–H groups in total. The first kappa shape index (κ1) is 26.3. The van der Waals surface area contributed by atoms with E-state index in [0.29, 0.717) is 22.4 Å². The minimum absolute atomic E-state index is 0.0340. The Labute approximate surface area is 226 Å².